The number of rotatable bonds is 7. The topological polar surface area (TPSA) is 71.8 Å². The summed E-state index contributed by atoms with van der Waals surface area (Å²) in [7, 11) is 0. The minimum atomic E-state index is -0.856. The second kappa shape index (κ2) is 10.7. The van der Waals surface area contributed by atoms with Crippen molar-refractivity contribution in [3.05, 3.63) is 101 Å². The number of amides is 2. The molecule has 0 aliphatic heterocycles. The Bertz CT molecular complexity index is 1340. The average Bonchev–Trinajstić information content (AvgIpc) is 3.25. The van der Waals surface area contributed by atoms with E-state index in [-0.39, 0.29) is 5.69 Å². The van der Waals surface area contributed by atoms with Crippen LogP contribution < -0.4 is 10.6 Å². The van der Waals surface area contributed by atoms with Gasteiger partial charge < -0.3 is 10.6 Å². The molecular weight excluding hydrogens is 468 g/mol. The maximum atomic E-state index is 13.9. The van der Waals surface area contributed by atoms with Gasteiger partial charge in [0.1, 0.15) is 11.6 Å². The van der Waals surface area contributed by atoms with Crippen LogP contribution >= 0.6 is 11.8 Å². The van der Waals surface area contributed by atoms with Gasteiger partial charge in [-0.1, -0.05) is 53.7 Å². The summed E-state index contributed by atoms with van der Waals surface area (Å²) in [6.45, 7) is 5.85. The highest BCUT2D eigenvalue weighted by Crippen LogP contribution is 2.28. The molecule has 35 heavy (non-hydrogen) atoms. The van der Waals surface area contributed by atoms with Crippen molar-refractivity contribution in [3.63, 3.8) is 0 Å². The van der Waals surface area contributed by atoms with E-state index in [2.05, 4.69) is 39.9 Å². The summed E-state index contributed by atoms with van der Waals surface area (Å²) in [6, 6.07) is 17.9. The highest BCUT2D eigenvalue weighted by molar-refractivity contribution is 7.98. The summed E-state index contributed by atoms with van der Waals surface area (Å²) in [5.74, 6) is -0.340. The molecule has 0 saturated carbocycles. The molecule has 0 fully saturated rings. The number of halogens is 2. The third-order valence-electron chi connectivity index (χ3n) is 5.48. The number of nitrogens with zero attached hydrogens (tertiary/aromatic N) is 3. The standard InChI is InChI=1S/C26H25F2N5OS/c1-16-8-11-21(12-9-16)33-24(31-32-26(33)35-15-19-7-5-4-6-17(19)2)18(3)29-25(34)30-23-13-10-20(27)14-22(23)28/h4-14,18H,15H2,1-3H3,(H2,29,30,34). The molecule has 0 saturated heterocycles. The Morgan fingerprint density at radius 3 is 2.49 bits per heavy atom. The van der Waals surface area contributed by atoms with Crippen molar-refractivity contribution in [1.29, 1.82) is 0 Å². The maximum absolute atomic E-state index is 13.9. The largest absolute Gasteiger partial charge is 0.328 e. The van der Waals surface area contributed by atoms with Crippen LogP contribution in [0, 0.1) is 25.5 Å². The van der Waals surface area contributed by atoms with Crippen molar-refractivity contribution < 1.29 is 13.6 Å². The van der Waals surface area contributed by atoms with Crippen LogP contribution in [0.15, 0.2) is 71.9 Å². The zero-order valence-electron chi connectivity index (χ0n) is 19.5. The van der Waals surface area contributed by atoms with Crippen molar-refractivity contribution in [1.82, 2.24) is 20.1 Å². The number of benzene rings is 3. The van der Waals surface area contributed by atoms with E-state index in [9.17, 15) is 13.6 Å². The van der Waals surface area contributed by atoms with Crippen LogP contribution in [0.3, 0.4) is 0 Å². The lowest BCUT2D eigenvalue weighted by molar-refractivity contribution is 0.248. The molecule has 1 unspecified atom stereocenters. The molecule has 1 heterocycles. The summed E-state index contributed by atoms with van der Waals surface area (Å²) in [5, 5.41) is 14.6. The van der Waals surface area contributed by atoms with Crippen LogP contribution in [0.25, 0.3) is 5.69 Å². The Morgan fingerprint density at radius 2 is 1.77 bits per heavy atom. The normalized spacial score (nSPS) is 11.8. The van der Waals surface area contributed by atoms with E-state index in [0.29, 0.717) is 22.8 Å². The van der Waals surface area contributed by atoms with Crippen LogP contribution in [-0.4, -0.2) is 20.8 Å². The Kier molecular flexibility index (Phi) is 7.45. The molecule has 6 nitrogen and oxygen atoms in total. The van der Waals surface area contributed by atoms with Gasteiger partial charge >= 0.3 is 6.03 Å². The highest BCUT2D eigenvalue weighted by Gasteiger charge is 2.22. The molecule has 0 bridgehead atoms. The van der Waals surface area contributed by atoms with Crippen molar-refractivity contribution in [2.75, 3.05) is 5.32 Å². The molecule has 180 valence electrons. The first-order valence-electron chi connectivity index (χ1n) is 11.0. The highest BCUT2D eigenvalue weighted by atomic mass is 32.2. The predicted octanol–water partition coefficient (Wildman–Crippen LogP) is 6.34. The zero-order valence-corrected chi connectivity index (χ0v) is 20.4. The number of hydrogen-bond donors (Lipinski definition) is 2. The molecule has 0 aliphatic carbocycles. The van der Waals surface area contributed by atoms with Gasteiger partial charge in [-0.15, -0.1) is 10.2 Å². The molecule has 4 aromatic rings. The van der Waals surface area contributed by atoms with E-state index in [1.165, 1.54) is 17.2 Å². The number of nitrogens with one attached hydrogen (secondary N) is 2. The number of thioether (sulfide) groups is 1. The number of carbonyl (C=O) groups excluding carboxylic acids is 1. The second-order valence-corrected chi connectivity index (χ2v) is 9.11. The molecular formula is C26H25F2N5OS. The molecule has 3 aromatic carbocycles. The summed E-state index contributed by atoms with van der Waals surface area (Å²) in [4.78, 5) is 12.5. The second-order valence-electron chi connectivity index (χ2n) is 8.17. The first-order chi connectivity index (χ1) is 16.8. The molecule has 1 atom stereocenters. The van der Waals surface area contributed by atoms with Crippen molar-refractivity contribution in [3.8, 4) is 5.69 Å². The summed E-state index contributed by atoms with van der Waals surface area (Å²) >= 11 is 1.55. The molecule has 2 N–H and O–H groups in total. The lowest BCUT2D eigenvalue weighted by Crippen LogP contribution is -2.32. The number of aryl methyl sites for hydroxylation is 2. The van der Waals surface area contributed by atoms with E-state index in [1.807, 2.05) is 47.9 Å². The van der Waals surface area contributed by atoms with Gasteiger partial charge in [-0.2, -0.15) is 0 Å². The Hall–Kier alpha value is -3.72. The van der Waals surface area contributed by atoms with E-state index >= 15 is 0 Å². The fraction of sp³-hybridized carbons (Fsp3) is 0.192. The van der Waals surface area contributed by atoms with Crippen LogP contribution in [0.2, 0.25) is 0 Å². The van der Waals surface area contributed by atoms with Gasteiger partial charge in [0.05, 0.1) is 11.7 Å². The number of urea groups is 1. The fourth-order valence-corrected chi connectivity index (χ4v) is 4.55. The van der Waals surface area contributed by atoms with Crippen LogP contribution in [-0.2, 0) is 5.75 Å². The summed E-state index contributed by atoms with van der Waals surface area (Å²) in [5.41, 5.74) is 4.25. The minimum Gasteiger partial charge on any atom is -0.328 e. The van der Waals surface area contributed by atoms with Gasteiger partial charge in [0.25, 0.3) is 0 Å². The molecule has 1 aromatic heterocycles. The van der Waals surface area contributed by atoms with Gasteiger partial charge in [-0.25, -0.2) is 13.6 Å². The van der Waals surface area contributed by atoms with Crippen molar-refractivity contribution >= 4 is 23.5 Å². The number of hydrogen-bond acceptors (Lipinski definition) is 4. The number of aromatic nitrogens is 3. The molecule has 0 radical (unpaired) electrons. The minimum absolute atomic E-state index is 0.120. The van der Waals surface area contributed by atoms with Gasteiger partial charge in [0.2, 0.25) is 0 Å². The number of anilines is 1. The number of carbonyl (C=O) groups is 1. The van der Waals surface area contributed by atoms with Gasteiger partial charge in [-0.05, 0) is 56.2 Å². The summed E-state index contributed by atoms with van der Waals surface area (Å²) < 4.78 is 29.0. The average molecular weight is 494 g/mol. The van der Waals surface area contributed by atoms with Gasteiger partial charge in [0.15, 0.2) is 11.0 Å². The van der Waals surface area contributed by atoms with Crippen LogP contribution in [0.1, 0.15) is 35.5 Å². The van der Waals surface area contributed by atoms with Crippen molar-refractivity contribution in [2.24, 2.45) is 0 Å². The van der Waals surface area contributed by atoms with E-state index in [0.717, 1.165) is 17.3 Å². The third kappa shape index (κ3) is 5.86. The Labute approximate surface area is 206 Å². The Balaban J connectivity index is 1.57. The molecule has 9 heteroatoms. The SMILES string of the molecule is Cc1ccc(-n2c(SCc3ccccc3C)nnc2C(C)NC(=O)Nc2ccc(F)cc2F)cc1. The smallest absolute Gasteiger partial charge is 0.319 e. The first-order valence-corrected chi connectivity index (χ1v) is 12.0. The molecule has 0 spiro atoms. The van der Waals surface area contributed by atoms with Crippen molar-refractivity contribution in [2.45, 2.75) is 37.7 Å². The van der Waals surface area contributed by atoms with E-state index in [4.69, 9.17) is 0 Å². The zero-order chi connectivity index (χ0) is 24.9. The lowest BCUT2D eigenvalue weighted by atomic mass is 10.1. The molecule has 2 amide bonds. The molecule has 0 aliphatic rings. The maximum Gasteiger partial charge on any atom is 0.319 e. The van der Waals surface area contributed by atoms with E-state index < -0.39 is 23.7 Å². The monoisotopic (exact) mass is 493 g/mol. The Morgan fingerprint density at radius 1 is 1.03 bits per heavy atom. The van der Waals surface area contributed by atoms with E-state index in [1.54, 1.807) is 18.7 Å². The quantitative estimate of drug-likeness (QED) is 0.295. The fourth-order valence-electron chi connectivity index (χ4n) is 3.52. The van der Waals surface area contributed by atoms with Crippen LogP contribution in [0.4, 0.5) is 19.3 Å². The molecule has 4 rings (SSSR count). The third-order valence-corrected chi connectivity index (χ3v) is 6.46. The van der Waals surface area contributed by atoms with Crippen LogP contribution in [0.5, 0.6) is 0 Å². The first kappa shape index (κ1) is 24.4. The lowest BCUT2D eigenvalue weighted by Gasteiger charge is -2.17. The van der Waals surface area contributed by atoms with Gasteiger partial charge in [0, 0.05) is 17.5 Å². The predicted molar refractivity (Wildman–Crippen MR) is 134 cm³/mol. The van der Waals surface area contributed by atoms with Gasteiger partial charge in [-0.3, -0.25) is 4.57 Å². The summed E-state index contributed by atoms with van der Waals surface area (Å²) in [6.07, 6.45) is 0.